The molecule has 2 amide bonds. The maximum Gasteiger partial charge on any atom is 0.320 e. The number of carbonyl (C=O) groups excluding carboxylic acids is 1. The average molecular weight is 437 g/mol. The molecule has 7 rings (SSSR count). The van der Waals surface area contributed by atoms with Crippen molar-refractivity contribution in [3.05, 3.63) is 29.6 Å². The molecule has 3 aliphatic heterocycles. The van der Waals surface area contributed by atoms with Crippen LogP contribution in [0.15, 0.2) is 12.5 Å². The van der Waals surface area contributed by atoms with Crippen LogP contribution >= 0.6 is 0 Å². The molecule has 0 N–H and O–H groups in total. The Kier molecular flexibility index (Phi) is 3.78. The van der Waals surface area contributed by atoms with E-state index in [9.17, 15) is 4.79 Å². The van der Waals surface area contributed by atoms with Gasteiger partial charge in [-0.25, -0.2) is 14.5 Å². The molecular weight excluding hydrogens is 404 g/mol. The van der Waals surface area contributed by atoms with E-state index in [1.54, 1.807) is 0 Å². The van der Waals surface area contributed by atoms with Crippen molar-refractivity contribution in [2.75, 3.05) is 39.3 Å². The van der Waals surface area contributed by atoms with Gasteiger partial charge in [0.25, 0.3) is 0 Å². The van der Waals surface area contributed by atoms with Crippen LogP contribution < -0.4 is 0 Å². The summed E-state index contributed by atoms with van der Waals surface area (Å²) < 4.78 is 4.02. The van der Waals surface area contributed by atoms with Crippen LogP contribution in [0.2, 0.25) is 0 Å². The smallest absolute Gasteiger partial charge is 0.320 e. The molecule has 2 spiro atoms. The number of urea groups is 1. The summed E-state index contributed by atoms with van der Waals surface area (Å²) >= 11 is 0. The van der Waals surface area contributed by atoms with Gasteiger partial charge in [-0.15, -0.1) is 0 Å². The number of rotatable bonds is 4. The molecule has 0 aromatic carbocycles. The Bertz CT molecular complexity index is 1060. The van der Waals surface area contributed by atoms with Crippen LogP contribution in [-0.2, 0) is 13.6 Å². The van der Waals surface area contributed by atoms with Gasteiger partial charge in [0.1, 0.15) is 6.33 Å². The molecule has 0 atom stereocenters. The van der Waals surface area contributed by atoms with Crippen LogP contribution in [0.25, 0.3) is 0 Å². The summed E-state index contributed by atoms with van der Waals surface area (Å²) in [5.74, 6) is 1.65. The van der Waals surface area contributed by atoms with E-state index in [4.69, 9.17) is 5.10 Å². The van der Waals surface area contributed by atoms with Gasteiger partial charge in [0.2, 0.25) is 0 Å². The van der Waals surface area contributed by atoms with Gasteiger partial charge in [-0.1, -0.05) is 0 Å². The minimum absolute atomic E-state index is 0.253. The Hall–Kier alpha value is -2.42. The van der Waals surface area contributed by atoms with E-state index >= 15 is 0 Å². The van der Waals surface area contributed by atoms with Gasteiger partial charge in [0.05, 0.1) is 12.2 Å². The molecule has 9 heteroatoms. The average Bonchev–Trinajstić information content (AvgIpc) is 3.31. The molecule has 2 saturated carbocycles. The first-order valence-corrected chi connectivity index (χ1v) is 12.1. The molecule has 5 heterocycles. The van der Waals surface area contributed by atoms with Crippen LogP contribution in [0, 0.1) is 17.8 Å². The maximum atomic E-state index is 12.9. The standard InChI is InChI=1S/C23H32N8O/c1-16-18(7-25-27(16)2)8-28-9-23(10-28)13-30(14-23)21(32)29-11-22(12-29)5-19(6-22)31-15-24-20(26-31)17-3-4-17/h7,15,17,19H,3-6,8-14H2,1-2H3. The number of amides is 2. The van der Waals surface area contributed by atoms with Crippen molar-refractivity contribution < 1.29 is 4.79 Å². The molecule has 5 aliphatic rings. The Labute approximate surface area is 188 Å². The Morgan fingerprint density at radius 2 is 1.75 bits per heavy atom. The summed E-state index contributed by atoms with van der Waals surface area (Å²) in [6, 6.07) is 0.729. The first-order valence-electron chi connectivity index (χ1n) is 12.1. The number of likely N-dealkylation sites (tertiary alicyclic amines) is 3. The lowest BCUT2D eigenvalue weighted by Crippen LogP contribution is -2.75. The number of aryl methyl sites for hydroxylation is 1. The van der Waals surface area contributed by atoms with E-state index in [2.05, 4.69) is 36.4 Å². The largest absolute Gasteiger partial charge is 0.323 e. The third-order valence-corrected chi connectivity index (χ3v) is 8.68. The molecule has 5 fully saturated rings. The first kappa shape index (κ1) is 19.1. The molecule has 2 aromatic heterocycles. The molecule has 0 unspecified atom stereocenters. The quantitative estimate of drug-likeness (QED) is 0.730. The molecule has 170 valence electrons. The predicted octanol–water partition coefficient (Wildman–Crippen LogP) is 1.77. The lowest BCUT2D eigenvalue weighted by Gasteiger charge is -2.63. The third-order valence-electron chi connectivity index (χ3n) is 8.68. The van der Waals surface area contributed by atoms with Crippen molar-refractivity contribution >= 4 is 6.03 Å². The summed E-state index contributed by atoms with van der Waals surface area (Å²) in [7, 11) is 2.00. The maximum absolute atomic E-state index is 12.9. The summed E-state index contributed by atoms with van der Waals surface area (Å²) in [5.41, 5.74) is 3.23. The fourth-order valence-electron chi connectivity index (χ4n) is 6.53. The van der Waals surface area contributed by atoms with Crippen LogP contribution in [0.4, 0.5) is 4.79 Å². The molecule has 0 bridgehead atoms. The highest BCUT2D eigenvalue weighted by molar-refractivity contribution is 5.77. The number of aromatic nitrogens is 5. The molecule has 9 nitrogen and oxygen atoms in total. The van der Waals surface area contributed by atoms with Gasteiger partial charge >= 0.3 is 6.03 Å². The Balaban J connectivity index is 0.858. The molecule has 0 radical (unpaired) electrons. The minimum atomic E-state index is 0.253. The lowest BCUT2D eigenvalue weighted by atomic mass is 9.60. The van der Waals surface area contributed by atoms with E-state index in [0.717, 1.165) is 64.5 Å². The lowest BCUT2D eigenvalue weighted by molar-refractivity contribution is -0.120. The van der Waals surface area contributed by atoms with Gasteiger partial charge in [-0.2, -0.15) is 10.2 Å². The number of carbonyl (C=O) groups is 1. The van der Waals surface area contributed by atoms with Crippen LogP contribution in [-0.4, -0.2) is 84.5 Å². The fraction of sp³-hybridized carbons (Fsp3) is 0.739. The minimum Gasteiger partial charge on any atom is -0.323 e. The molecular formula is C23H32N8O. The van der Waals surface area contributed by atoms with Gasteiger partial charge in [0.15, 0.2) is 5.82 Å². The second-order valence-corrected chi connectivity index (χ2v) is 11.4. The molecule has 2 aromatic rings. The van der Waals surface area contributed by atoms with Crippen LogP contribution in [0.5, 0.6) is 0 Å². The van der Waals surface area contributed by atoms with Crippen molar-refractivity contribution in [2.24, 2.45) is 17.9 Å². The topological polar surface area (TPSA) is 75.3 Å². The summed E-state index contributed by atoms with van der Waals surface area (Å²) in [5, 5.41) is 9.05. The highest BCUT2D eigenvalue weighted by atomic mass is 16.2. The normalized spacial score (nSPS) is 26.1. The monoisotopic (exact) mass is 436 g/mol. The van der Waals surface area contributed by atoms with E-state index < -0.39 is 0 Å². The second-order valence-electron chi connectivity index (χ2n) is 11.4. The Morgan fingerprint density at radius 3 is 2.38 bits per heavy atom. The fourth-order valence-corrected chi connectivity index (χ4v) is 6.53. The van der Waals surface area contributed by atoms with Crippen LogP contribution in [0.3, 0.4) is 0 Å². The van der Waals surface area contributed by atoms with E-state index in [1.165, 1.54) is 24.1 Å². The summed E-state index contributed by atoms with van der Waals surface area (Å²) in [4.78, 5) is 24.0. The number of hydrogen-bond donors (Lipinski definition) is 0. The van der Waals surface area contributed by atoms with Gasteiger partial charge in [0, 0.05) is 80.9 Å². The Morgan fingerprint density at radius 1 is 1.06 bits per heavy atom. The van der Waals surface area contributed by atoms with Crippen molar-refractivity contribution in [1.29, 1.82) is 0 Å². The zero-order chi connectivity index (χ0) is 21.7. The zero-order valence-corrected chi connectivity index (χ0v) is 19.1. The van der Waals surface area contributed by atoms with Gasteiger partial charge < -0.3 is 9.80 Å². The number of nitrogens with zero attached hydrogens (tertiary/aromatic N) is 8. The zero-order valence-electron chi connectivity index (χ0n) is 19.1. The molecule has 2 aliphatic carbocycles. The predicted molar refractivity (Wildman–Crippen MR) is 117 cm³/mol. The highest BCUT2D eigenvalue weighted by Gasteiger charge is 2.58. The van der Waals surface area contributed by atoms with E-state index in [0.29, 0.717) is 22.8 Å². The highest BCUT2D eigenvalue weighted by Crippen LogP contribution is 2.54. The van der Waals surface area contributed by atoms with Crippen molar-refractivity contribution in [1.82, 2.24) is 39.2 Å². The van der Waals surface area contributed by atoms with Gasteiger partial charge in [-0.3, -0.25) is 9.58 Å². The van der Waals surface area contributed by atoms with Gasteiger partial charge in [-0.05, 0) is 32.6 Å². The van der Waals surface area contributed by atoms with Crippen molar-refractivity contribution in [2.45, 2.75) is 51.1 Å². The third kappa shape index (κ3) is 2.86. The molecule has 3 saturated heterocycles. The van der Waals surface area contributed by atoms with Crippen LogP contribution in [0.1, 0.15) is 54.7 Å². The summed E-state index contributed by atoms with van der Waals surface area (Å²) in [6.45, 7) is 8.97. The second kappa shape index (κ2) is 6.34. The summed E-state index contributed by atoms with van der Waals surface area (Å²) in [6.07, 6.45) is 8.67. The van der Waals surface area contributed by atoms with Crippen molar-refractivity contribution in [3.63, 3.8) is 0 Å². The van der Waals surface area contributed by atoms with E-state index in [-0.39, 0.29) is 6.03 Å². The van der Waals surface area contributed by atoms with E-state index in [1.807, 2.05) is 24.3 Å². The molecule has 32 heavy (non-hydrogen) atoms. The first-order chi connectivity index (χ1) is 15.4. The SMILES string of the molecule is Cc1c(CN2CC3(C2)CN(C(=O)N2CC4(CC(n5cnc(C6CC6)n5)C4)C2)C3)cnn1C. The van der Waals surface area contributed by atoms with Crippen molar-refractivity contribution in [3.8, 4) is 0 Å². The number of hydrogen-bond acceptors (Lipinski definition) is 5.